The Morgan fingerprint density at radius 1 is 1.14 bits per heavy atom. The topological polar surface area (TPSA) is 140 Å². The predicted octanol–water partition coefficient (Wildman–Crippen LogP) is 3.10. The molecule has 0 aliphatic carbocycles. The van der Waals surface area contributed by atoms with E-state index in [-0.39, 0.29) is 42.0 Å². The number of benzene rings is 2. The Morgan fingerprint density at radius 3 is 2.51 bits per heavy atom. The van der Waals surface area contributed by atoms with E-state index in [2.05, 4.69) is 27.2 Å². The van der Waals surface area contributed by atoms with Gasteiger partial charge in [0.2, 0.25) is 11.9 Å². The van der Waals surface area contributed by atoms with Crippen LogP contribution in [0.1, 0.15) is 5.56 Å². The van der Waals surface area contributed by atoms with Crippen LogP contribution in [0.5, 0.6) is 11.5 Å². The quantitative estimate of drug-likeness (QED) is 0.400. The van der Waals surface area contributed by atoms with E-state index in [0.717, 1.165) is 0 Å². The van der Waals surface area contributed by atoms with Crippen LogP contribution >= 0.6 is 0 Å². The zero-order valence-electron chi connectivity index (χ0n) is 18.5. The van der Waals surface area contributed by atoms with E-state index >= 15 is 0 Å². The van der Waals surface area contributed by atoms with Gasteiger partial charge in [0, 0.05) is 30.0 Å². The van der Waals surface area contributed by atoms with E-state index in [9.17, 15) is 19.8 Å². The van der Waals surface area contributed by atoms with E-state index in [1.54, 1.807) is 35.4 Å². The lowest BCUT2D eigenvalue weighted by Crippen LogP contribution is -2.58. The first-order valence-corrected chi connectivity index (χ1v) is 10.8. The van der Waals surface area contributed by atoms with Gasteiger partial charge >= 0.3 is 6.03 Å². The normalized spacial score (nSPS) is 15.3. The Bertz CT molecular complexity index is 1310. The van der Waals surface area contributed by atoms with E-state index < -0.39 is 0 Å². The molecule has 11 heteroatoms. The summed E-state index contributed by atoms with van der Waals surface area (Å²) in [6.45, 7) is 4.32. The maximum Gasteiger partial charge on any atom is 0.330 e. The Morgan fingerprint density at radius 2 is 1.86 bits per heavy atom. The molecule has 1 saturated heterocycles. The van der Waals surface area contributed by atoms with Crippen LogP contribution in [0.3, 0.4) is 0 Å². The summed E-state index contributed by atoms with van der Waals surface area (Å²) in [5.74, 6) is 0.00952. The number of phenols is 2. The van der Waals surface area contributed by atoms with Crippen molar-refractivity contribution in [3.63, 3.8) is 0 Å². The van der Waals surface area contributed by atoms with E-state index in [1.807, 2.05) is 0 Å². The number of fused-ring (bicyclic) bond motifs is 1. The third kappa shape index (κ3) is 4.32. The first kappa shape index (κ1) is 22.2. The largest absolute Gasteiger partial charge is 0.508 e. The van der Waals surface area contributed by atoms with Gasteiger partial charge in [0.15, 0.2) is 0 Å². The second-order valence-corrected chi connectivity index (χ2v) is 8.04. The lowest BCUT2D eigenvalue weighted by molar-refractivity contribution is -0.111. The number of aromatic hydroxyl groups is 2. The van der Waals surface area contributed by atoms with Crippen LogP contribution in [0.2, 0.25) is 0 Å². The zero-order chi connectivity index (χ0) is 24.5. The standard InChI is InChI=1S/C24H22N6O5/c1-2-21(33)26-19-5-3-4-6-20(19)27-23-25-10-14-11-29(15-7-17(31)9-18(32)8-15)24(34)30(22(14)28-23)16-12-35-13-16/h2-10,16,31-32H,1,11-13H2,(H,26,33)(H,25,27,28). The second kappa shape index (κ2) is 8.95. The van der Waals surface area contributed by atoms with Crippen molar-refractivity contribution in [3.05, 3.63) is 66.9 Å². The van der Waals surface area contributed by atoms with Gasteiger partial charge in [-0.05, 0) is 18.2 Å². The van der Waals surface area contributed by atoms with Crippen molar-refractivity contribution in [2.24, 2.45) is 0 Å². The SMILES string of the molecule is C=CC(=O)Nc1ccccc1Nc1ncc2c(n1)N(C1COC1)C(=O)N(c1cc(O)cc(O)c1)C2. The molecule has 0 spiro atoms. The number of carbonyl (C=O) groups is 2. The number of para-hydroxylation sites is 2. The number of phenolic OH excluding ortho intramolecular Hbond substituents is 2. The third-order valence-corrected chi connectivity index (χ3v) is 5.64. The summed E-state index contributed by atoms with van der Waals surface area (Å²) in [5, 5.41) is 25.6. The Kier molecular flexibility index (Phi) is 5.67. The summed E-state index contributed by atoms with van der Waals surface area (Å²) in [4.78, 5) is 37.3. The van der Waals surface area contributed by atoms with Crippen molar-refractivity contribution in [2.75, 3.05) is 33.6 Å². The van der Waals surface area contributed by atoms with Crippen LogP contribution in [-0.2, 0) is 16.1 Å². The van der Waals surface area contributed by atoms with Gasteiger partial charge in [-0.25, -0.2) is 9.78 Å². The van der Waals surface area contributed by atoms with Crippen LogP contribution in [0.25, 0.3) is 0 Å². The molecule has 0 radical (unpaired) electrons. The third-order valence-electron chi connectivity index (χ3n) is 5.64. The maximum atomic E-state index is 13.5. The van der Waals surface area contributed by atoms with Crippen LogP contribution in [0, 0.1) is 0 Å². The lowest BCUT2D eigenvalue weighted by atomic mass is 10.1. The minimum absolute atomic E-state index is 0.146. The van der Waals surface area contributed by atoms with Gasteiger partial charge in [0.05, 0.1) is 42.9 Å². The summed E-state index contributed by atoms with van der Waals surface area (Å²) < 4.78 is 5.32. The van der Waals surface area contributed by atoms with Gasteiger partial charge in [0.25, 0.3) is 0 Å². The van der Waals surface area contributed by atoms with Crippen LogP contribution < -0.4 is 20.4 Å². The molecule has 11 nitrogen and oxygen atoms in total. The van der Waals surface area contributed by atoms with Gasteiger partial charge in [-0.3, -0.25) is 14.6 Å². The molecule has 2 aliphatic heterocycles. The molecule has 1 fully saturated rings. The van der Waals surface area contributed by atoms with Crippen molar-refractivity contribution in [2.45, 2.75) is 12.6 Å². The number of rotatable bonds is 6. The summed E-state index contributed by atoms with van der Waals surface area (Å²) in [7, 11) is 0. The van der Waals surface area contributed by atoms with Gasteiger partial charge < -0.3 is 25.6 Å². The number of ether oxygens (including phenoxy) is 1. The smallest absolute Gasteiger partial charge is 0.330 e. The number of hydrogen-bond donors (Lipinski definition) is 4. The number of amides is 3. The fraction of sp³-hybridized carbons (Fsp3) is 0.167. The molecule has 178 valence electrons. The molecule has 0 atom stereocenters. The number of urea groups is 1. The Balaban J connectivity index is 1.49. The van der Waals surface area contributed by atoms with Crippen LogP contribution in [0.15, 0.2) is 61.3 Å². The summed E-state index contributed by atoms with van der Waals surface area (Å²) >= 11 is 0. The Labute approximate surface area is 200 Å². The van der Waals surface area contributed by atoms with Crippen molar-refractivity contribution >= 4 is 40.8 Å². The minimum Gasteiger partial charge on any atom is -0.508 e. The highest BCUT2D eigenvalue weighted by Gasteiger charge is 2.40. The molecular formula is C24H22N6O5. The summed E-state index contributed by atoms with van der Waals surface area (Å²) in [5.41, 5.74) is 2.12. The van der Waals surface area contributed by atoms with Gasteiger partial charge in [-0.2, -0.15) is 4.98 Å². The predicted molar refractivity (Wildman–Crippen MR) is 129 cm³/mol. The molecule has 3 amide bonds. The van der Waals surface area contributed by atoms with Crippen molar-refractivity contribution < 1.29 is 24.5 Å². The molecule has 5 rings (SSSR count). The van der Waals surface area contributed by atoms with Gasteiger partial charge in [-0.1, -0.05) is 18.7 Å². The highest BCUT2D eigenvalue weighted by molar-refractivity contribution is 6.06. The average Bonchev–Trinajstić information content (AvgIpc) is 2.80. The van der Waals surface area contributed by atoms with E-state index in [4.69, 9.17) is 4.74 Å². The number of carbonyl (C=O) groups excluding carboxylic acids is 2. The number of hydrogen-bond acceptors (Lipinski definition) is 8. The molecule has 0 bridgehead atoms. The lowest BCUT2D eigenvalue weighted by Gasteiger charge is -2.43. The van der Waals surface area contributed by atoms with Gasteiger partial charge in [-0.15, -0.1) is 0 Å². The summed E-state index contributed by atoms with van der Waals surface area (Å²) in [6.07, 6.45) is 2.79. The number of aromatic nitrogens is 2. The van der Waals surface area contributed by atoms with E-state index in [1.165, 1.54) is 29.2 Å². The van der Waals surface area contributed by atoms with E-state index in [0.29, 0.717) is 41.7 Å². The molecule has 3 aromatic rings. The maximum absolute atomic E-state index is 13.5. The van der Waals surface area contributed by atoms with Crippen molar-refractivity contribution in [1.82, 2.24) is 9.97 Å². The van der Waals surface area contributed by atoms with Crippen molar-refractivity contribution in [3.8, 4) is 11.5 Å². The first-order chi connectivity index (χ1) is 16.9. The highest BCUT2D eigenvalue weighted by atomic mass is 16.5. The van der Waals surface area contributed by atoms with Crippen LogP contribution in [-0.4, -0.2) is 51.4 Å². The second-order valence-electron chi connectivity index (χ2n) is 8.04. The summed E-state index contributed by atoms with van der Waals surface area (Å²) in [6, 6.07) is 10.5. The molecule has 4 N–H and O–H groups in total. The molecule has 1 aromatic heterocycles. The number of anilines is 5. The van der Waals surface area contributed by atoms with Crippen LogP contribution in [0.4, 0.5) is 33.6 Å². The Hall–Kier alpha value is -4.64. The molecule has 0 saturated carbocycles. The fourth-order valence-corrected chi connectivity index (χ4v) is 3.88. The molecular weight excluding hydrogens is 452 g/mol. The zero-order valence-corrected chi connectivity index (χ0v) is 18.5. The molecule has 2 aromatic carbocycles. The highest BCUT2D eigenvalue weighted by Crippen LogP contribution is 2.36. The molecule has 3 heterocycles. The van der Waals surface area contributed by atoms with Crippen molar-refractivity contribution in [1.29, 1.82) is 0 Å². The average molecular weight is 474 g/mol. The first-order valence-electron chi connectivity index (χ1n) is 10.8. The fourth-order valence-electron chi connectivity index (χ4n) is 3.88. The molecule has 0 unspecified atom stereocenters. The molecule has 35 heavy (non-hydrogen) atoms. The molecule has 2 aliphatic rings. The minimum atomic E-state index is -0.362. The number of nitrogens with zero attached hydrogens (tertiary/aromatic N) is 4. The van der Waals surface area contributed by atoms with Gasteiger partial charge in [0.1, 0.15) is 17.3 Å². The number of nitrogens with one attached hydrogen (secondary N) is 2. The monoisotopic (exact) mass is 474 g/mol.